The van der Waals surface area contributed by atoms with Crippen LogP contribution in [0.4, 0.5) is 10.8 Å². The first-order chi connectivity index (χ1) is 15.5. The topological polar surface area (TPSA) is 70.6 Å². The SMILES string of the molecule is Cc1ccccc1N(C(=O)CCN1C(=O)c2ccccc2C1=O)c1nc2ccccc2s1. The third-order valence-corrected chi connectivity index (χ3v) is 6.53. The van der Waals surface area contributed by atoms with Gasteiger partial charge in [-0.1, -0.05) is 53.8 Å². The van der Waals surface area contributed by atoms with Crippen LogP contribution in [0.3, 0.4) is 0 Å². The molecule has 0 saturated carbocycles. The van der Waals surface area contributed by atoms with Crippen LogP contribution in [-0.2, 0) is 4.79 Å². The van der Waals surface area contributed by atoms with Crippen molar-refractivity contribution in [3.8, 4) is 0 Å². The minimum atomic E-state index is -0.360. The maximum absolute atomic E-state index is 13.5. The lowest BCUT2D eigenvalue weighted by Crippen LogP contribution is -2.35. The lowest BCUT2D eigenvalue weighted by molar-refractivity contribution is -0.118. The van der Waals surface area contributed by atoms with Crippen LogP contribution >= 0.6 is 11.3 Å². The predicted molar refractivity (Wildman–Crippen MR) is 124 cm³/mol. The monoisotopic (exact) mass is 441 g/mol. The van der Waals surface area contributed by atoms with Crippen molar-refractivity contribution in [2.45, 2.75) is 13.3 Å². The number of rotatable bonds is 5. The summed E-state index contributed by atoms with van der Waals surface area (Å²) in [6, 6.07) is 22.1. The van der Waals surface area contributed by atoms with Crippen molar-refractivity contribution in [3.05, 3.63) is 89.5 Å². The third-order valence-electron chi connectivity index (χ3n) is 5.51. The Morgan fingerprint density at radius 3 is 2.22 bits per heavy atom. The van der Waals surface area contributed by atoms with E-state index < -0.39 is 0 Å². The van der Waals surface area contributed by atoms with Gasteiger partial charge in [0.15, 0.2) is 5.13 Å². The highest BCUT2D eigenvalue weighted by Gasteiger charge is 2.35. The number of fused-ring (bicyclic) bond motifs is 2. The fourth-order valence-electron chi connectivity index (χ4n) is 3.88. The lowest BCUT2D eigenvalue weighted by Gasteiger charge is -2.23. The molecule has 0 fully saturated rings. The van der Waals surface area contributed by atoms with Gasteiger partial charge in [0.2, 0.25) is 5.91 Å². The second kappa shape index (κ2) is 8.01. The molecule has 0 N–H and O–H groups in total. The smallest absolute Gasteiger partial charge is 0.261 e. The molecule has 0 atom stereocenters. The van der Waals surface area contributed by atoms with Gasteiger partial charge in [-0.25, -0.2) is 4.98 Å². The van der Waals surface area contributed by atoms with E-state index in [9.17, 15) is 14.4 Å². The van der Waals surface area contributed by atoms with Crippen molar-refractivity contribution in [3.63, 3.8) is 0 Å². The van der Waals surface area contributed by atoms with Gasteiger partial charge in [0.1, 0.15) is 0 Å². The van der Waals surface area contributed by atoms with Crippen LogP contribution in [-0.4, -0.2) is 34.2 Å². The number of para-hydroxylation sites is 2. The van der Waals surface area contributed by atoms with Crippen LogP contribution in [0.5, 0.6) is 0 Å². The predicted octanol–water partition coefficient (Wildman–Crippen LogP) is 4.96. The molecule has 1 aliphatic rings. The van der Waals surface area contributed by atoms with E-state index in [-0.39, 0.29) is 30.7 Å². The molecule has 0 spiro atoms. The number of amides is 3. The first-order valence-corrected chi connectivity index (χ1v) is 11.1. The zero-order valence-electron chi connectivity index (χ0n) is 17.3. The summed E-state index contributed by atoms with van der Waals surface area (Å²) in [5, 5.41) is 0.563. The second-order valence-electron chi connectivity index (χ2n) is 7.54. The van der Waals surface area contributed by atoms with Gasteiger partial charge in [0, 0.05) is 13.0 Å². The molecule has 0 unspecified atom stereocenters. The number of aryl methyl sites for hydroxylation is 1. The fraction of sp³-hybridized carbons (Fsp3) is 0.120. The van der Waals surface area contributed by atoms with Crippen LogP contribution in [0.1, 0.15) is 32.7 Å². The van der Waals surface area contributed by atoms with Crippen molar-refractivity contribution in [1.82, 2.24) is 9.88 Å². The summed E-state index contributed by atoms with van der Waals surface area (Å²) < 4.78 is 0.981. The number of nitrogens with zero attached hydrogens (tertiary/aromatic N) is 3. The van der Waals surface area contributed by atoms with E-state index in [1.54, 1.807) is 29.2 Å². The molecule has 4 aromatic rings. The summed E-state index contributed by atoms with van der Waals surface area (Å²) in [5.74, 6) is -0.948. The Balaban J connectivity index is 1.45. The Bertz CT molecular complexity index is 1310. The zero-order chi connectivity index (χ0) is 22.2. The summed E-state index contributed by atoms with van der Waals surface area (Å²) in [4.78, 5) is 46.2. The summed E-state index contributed by atoms with van der Waals surface area (Å²) in [6.07, 6.45) is -0.00424. The number of hydrogen-bond acceptors (Lipinski definition) is 5. The third kappa shape index (κ3) is 3.36. The highest BCUT2D eigenvalue weighted by Crippen LogP contribution is 2.35. The molecular weight excluding hydrogens is 422 g/mol. The van der Waals surface area contributed by atoms with Gasteiger partial charge in [-0.15, -0.1) is 0 Å². The standard InChI is InChI=1S/C25H19N3O3S/c1-16-8-2-6-12-20(16)28(25-26-19-11-5-7-13-21(19)32-25)22(29)14-15-27-23(30)17-9-3-4-10-18(17)24(27)31/h2-13H,14-15H2,1H3. The van der Waals surface area contributed by atoms with E-state index in [2.05, 4.69) is 4.98 Å². The Labute approximate surface area is 188 Å². The molecular formula is C25H19N3O3S. The molecule has 1 aliphatic heterocycles. The molecule has 0 saturated heterocycles. The van der Waals surface area contributed by atoms with E-state index >= 15 is 0 Å². The van der Waals surface area contributed by atoms with Crippen LogP contribution < -0.4 is 4.90 Å². The minimum absolute atomic E-state index is 0.00424. The number of imide groups is 1. The number of carbonyl (C=O) groups is 3. The Hall–Kier alpha value is -3.84. The molecule has 1 aromatic heterocycles. The van der Waals surface area contributed by atoms with Gasteiger partial charge in [-0.3, -0.25) is 24.2 Å². The van der Waals surface area contributed by atoms with Crippen molar-refractivity contribution < 1.29 is 14.4 Å². The number of hydrogen-bond donors (Lipinski definition) is 0. The second-order valence-corrected chi connectivity index (χ2v) is 8.55. The maximum atomic E-state index is 13.5. The van der Waals surface area contributed by atoms with Crippen molar-refractivity contribution in [2.24, 2.45) is 0 Å². The van der Waals surface area contributed by atoms with Crippen LogP contribution in [0.2, 0.25) is 0 Å². The van der Waals surface area contributed by atoms with Gasteiger partial charge >= 0.3 is 0 Å². The van der Waals surface area contributed by atoms with Crippen LogP contribution in [0, 0.1) is 6.92 Å². The number of thiazole rings is 1. The first-order valence-electron chi connectivity index (χ1n) is 10.2. The van der Waals surface area contributed by atoms with Crippen molar-refractivity contribution >= 4 is 50.1 Å². The van der Waals surface area contributed by atoms with Crippen molar-refractivity contribution in [2.75, 3.05) is 11.4 Å². The molecule has 0 bridgehead atoms. The van der Waals surface area contributed by atoms with Crippen molar-refractivity contribution in [1.29, 1.82) is 0 Å². The number of aromatic nitrogens is 1. The molecule has 6 nitrogen and oxygen atoms in total. The van der Waals surface area contributed by atoms with Gasteiger partial charge in [0.25, 0.3) is 11.8 Å². The first kappa shape index (κ1) is 20.1. The van der Waals surface area contributed by atoms with E-state index in [1.165, 1.54) is 11.3 Å². The van der Waals surface area contributed by atoms with E-state index in [1.807, 2.05) is 55.5 Å². The Morgan fingerprint density at radius 1 is 0.906 bits per heavy atom. The molecule has 7 heteroatoms. The summed E-state index contributed by atoms with van der Waals surface area (Å²) in [5.41, 5.74) is 3.25. The lowest BCUT2D eigenvalue weighted by atomic mass is 10.1. The van der Waals surface area contributed by atoms with Crippen LogP contribution in [0.25, 0.3) is 10.2 Å². The van der Waals surface area contributed by atoms with Crippen LogP contribution in [0.15, 0.2) is 72.8 Å². The molecule has 0 aliphatic carbocycles. The molecule has 2 heterocycles. The molecule has 32 heavy (non-hydrogen) atoms. The summed E-state index contributed by atoms with van der Waals surface area (Å²) in [6.45, 7) is 1.95. The molecule has 3 aromatic carbocycles. The van der Waals surface area contributed by atoms with Gasteiger partial charge in [0.05, 0.1) is 27.0 Å². The average Bonchev–Trinajstić information content (AvgIpc) is 3.33. The molecule has 5 rings (SSSR count). The number of carbonyl (C=O) groups excluding carboxylic acids is 3. The fourth-order valence-corrected chi connectivity index (χ4v) is 4.87. The molecule has 158 valence electrons. The van der Waals surface area contributed by atoms with E-state index in [0.29, 0.717) is 16.3 Å². The Kier molecular flexibility index (Phi) is 5.03. The molecule has 0 radical (unpaired) electrons. The molecule has 3 amide bonds. The highest BCUT2D eigenvalue weighted by molar-refractivity contribution is 7.22. The summed E-state index contributed by atoms with van der Waals surface area (Å²) in [7, 11) is 0. The normalized spacial score (nSPS) is 13.0. The maximum Gasteiger partial charge on any atom is 0.261 e. The van der Waals surface area contributed by atoms with Gasteiger partial charge in [-0.05, 0) is 42.8 Å². The van der Waals surface area contributed by atoms with Gasteiger partial charge < -0.3 is 0 Å². The minimum Gasteiger partial charge on any atom is -0.274 e. The number of benzene rings is 3. The van der Waals surface area contributed by atoms with Gasteiger partial charge in [-0.2, -0.15) is 0 Å². The highest BCUT2D eigenvalue weighted by atomic mass is 32.1. The quantitative estimate of drug-likeness (QED) is 0.411. The largest absolute Gasteiger partial charge is 0.274 e. The Morgan fingerprint density at radius 2 is 1.53 bits per heavy atom. The average molecular weight is 442 g/mol. The number of anilines is 2. The van der Waals surface area contributed by atoms with E-state index in [4.69, 9.17) is 0 Å². The summed E-state index contributed by atoms with van der Waals surface area (Å²) >= 11 is 1.43. The van der Waals surface area contributed by atoms with E-state index in [0.717, 1.165) is 26.4 Å². The zero-order valence-corrected chi connectivity index (χ0v) is 18.1.